The molecule has 0 fully saturated rings. The molecule has 260 valence electrons. The van der Waals surface area contributed by atoms with Crippen LogP contribution in [0.25, 0.3) is 11.3 Å². The molecule has 11 heteroatoms. The number of benzene rings is 3. The molecule has 1 atom stereocenters. The Bertz CT molecular complexity index is 2000. The second kappa shape index (κ2) is 14.7. The van der Waals surface area contributed by atoms with Gasteiger partial charge in [0.05, 0.1) is 24.1 Å². The highest BCUT2D eigenvalue weighted by Crippen LogP contribution is 2.35. The molecule has 10 nitrogen and oxygen atoms in total. The number of likely N-dealkylation sites (N-methyl/N-ethyl adjacent to an activating group) is 1. The van der Waals surface area contributed by atoms with E-state index < -0.39 is 5.82 Å². The van der Waals surface area contributed by atoms with Crippen LogP contribution in [0.2, 0.25) is 0 Å². The summed E-state index contributed by atoms with van der Waals surface area (Å²) in [5.74, 6) is -0.937. The standard InChI is InChI=1S/C39H43FN6O4/c1-26-20-28-8-6-7-9-29(28)24-45(26)38(48)34-15-10-30(40)21-36(34)37-22-35(27(2)44(37)17-16-42(3)18-19-50-5)39(49)46(32-23-41-43(4)25-32)31-11-13-33(47)14-12-31/h6-15,21-23,25-26,47H,16-20,24H2,1-5H3/t26-/m1/s1. The zero-order chi connectivity index (χ0) is 35.5. The van der Waals surface area contributed by atoms with E-state index in [2.05, 4.69) is 16.1 Å². The first kappa shape index (κ1) is 34.6. The molecule has 0 bridgehead atoms. The third-order valence-electron chi connectivity index (χ3n) is 9.50. The Kier molecular flexibility index (Phi) is 10.2. The molecule has 3 heterocycles. The molecule has 0 spiro atoms. The Morgan fingerprint density at radius 2 is 1.74 bits per heavy atom. The van der Waals surface area contributed by atoms with Gasteiger partial charge in [-0.25, -0.2) is 4.39 Å². The number of carbonyl (C=O) groups excluding carboxylic acids is 2. The molecule has 1 aliphatic rings. The highest BCUT2D eigenvalue weighted by Gasteiger charge is 2.31. The van der Waals surface area contributed by atoms with Crippen molar-refractivity contribution < 1.29 is 23.8 Å². The monoisotopic (exact) mass is 678 g/mol. The molecule has 3 aromatic carbocycles. The highest BCUT2D eigenvalue weighted by molar-refractivity contribution is 6.12. The predicted molar refractivity (Wildman–Crippen MR) is 191 cm³/mol. The van der Waals surface area contributed by atoms with Gasteiger partial charge in [-0.1, -0.05) is 24.3 Å². The van der Waals surface area contributed by atoms with Gasteiger partial charge in [0.1, 0.15) is 11.6 Å². The molecular weight excluding hydrogens is 635 g/mol. The Labute approximate surface area is 291 Å². The number of amides is 2. The van der Waals surface area contributed by atoms with E-state index in [9.17, 15) is 14.7 Å². The molecule has 0 unspecified atom stereocenters. The van der Waals surface area contributed by atoms with Crippen molar-refractivity contribution >= 4 is 23.2 Å². The number of nitrogens with zero attached hydrogens (tertiary/aromatic N) is 6. The summed E-state index contributed by atoms with van der Waals surface area (Å²) in [5.41, 5.74) is 5.80. The average Bonchev–Trinajstić information content (AvgIpc) is 3.68. The number of rotatable bonds is 11. The maximum Gasteiger partial charge on any atom is 0.264 e. The van der Waals surface area contributed by atoms with Crippen molar-refractivity contribution in [3.63, 3.8) is 0 Å². The van der Waals surface area contributed by atoms with Crippen LogP contribution in [-0.4, -0.2) is 81.0 Å². The SMILES string of the molecule is COCCN(C)CCn1c(-c2cc(F)ccc2C(=O)N2Cc3ccccc3C[C@H]2C)cc(C(=O)N(c2ccc(O)cc2)c2cnn(C)c2)c1C. The number of phenols is 1. The lowest BCUT2D eigenvalue weighted by Crippen LogP contribution is -2.42. The Morgan fingerprint density at radius 3 is 2.44 bits per heavy atom. The van der Waals surface area contributed by atoms with Crippen molar-refractivity contribution in [2.45, 2.75) is 39.4 Å². The van der Waals surface area contributed by atoms with Crippen LogP contribution < -0.4 is 4.90 Å². The molecule has 1 N–H and O–H groups in total. The number of phenolic OH excluding ortho intramolecular Hbond substituents is 1. The fourth-order valence-corrected chi connectivity index (χ4v) is 6.65. The smallest absolute Gasteiger partial charge is 0.264 e. The van der Waals surface area contributed by atoms with Gasteiger partial charge in [0.2, 0.25) is 0 Å². The molecule has 0 saturated carbocycles. The van der Waals surface area contributed by atoms with E-state index in [1.54, 1.807) is 55.5 Å². The van der Waals surface area contributed by atoms with Crippen LogP contribution in [0, 0.1) is 12.7 Å². The number of methoxy groups -OCH3 is 1. The van der Waals surface area contributed by atoms with E-state index in [4.69, 9.17) is 4.74 Å². The summed E-state index contributed by atoms with van der Waals surface area (Å²) in [6.45, 7) is 6.70. The third kappa shape index (κ3) is 7.05. The van der Waals surface area contributed by atoms with Crippen LogP contribution in [0.3, 0.4) is 0 Å². The number of aromatic nitrogens is 3. The normalized spacial score (nSPS) is 14.2. The lowest BCUT2D eigenvalue weighted by molar-refractivity contribution is 0.0658. The van der Waals surface area contributed by atoms with Gasteiger partial charge in [0.25, 0.3) is 11.8 Å². The lowest BCUT2D eigenvalue weighted by Gasteiger charge is -2.35. The predicted octanol–water partition coefficient (Wildman–Crippen LogP) is 6.19. The van der Waals surface area contributed by atoms with Crippen LogP contribution in [0.15, 0.2) is 85.2 Å². The number of hydrogen-bond acceptors (Lipinski definition) is 6. The van der Waals surface area contributed by atoms with Crippen molar-refractivity contribution in [3.8, 4) is 17.0 Å². The molecule has 6 rings (SSSR count). The van der Waals surface area contributed by atoms with Crippen LogP contribution >= 0.6 is 0 Å². The van der Waals surface area contributed by atoms with E-state index in [0.29, 0.717) is 72.2 Å². The van der Waals surface area contributed by atoms with Crippen LogP contribution in [0.1, 0.15) is 44.5 Å². The molecular formula is C39H43FN6O4. The van der Waals surface area contributed by atoms with Gasteiger partial charge in [-0.3, -0.25) is 19.2 Å². The maximum atomic E-state index is 15.2. The van der Waals surface area contributed by atoms with Crippen LogP contribution in [-0.2, 0) is 31.3 Å². The molecule has 0 radical (unpaired) electrons. The minimum Gasteiger partial charge on any atom is -0.508 e. The van der Waals surface area contributed by atoms with Gasteiger partial charge in [0.15, 0.2) is 0 Å². The first-order valence-corrected chi connectivity index (χ1v) is 16.7. The lowest BCUT2D eigenvalue weighted by atomic mass is 9.93. The number of hydrogen-bond donors (Lipinski definition) is 1. The Balaban J connectivity index is 1.46. The summed E-state index contributed by atoms with van der Waals surface area (Å²) in [6.07, 6.45) is 4.07. The van der Waals surface area contributed by atoms with Crippen molar-refractivity contribution in [1.29, 1.82) is 0 Å². The number of aromatic hydroxyl groups is 1. The minimum atomic E-state index is -0.481. The summed E-state index contributed by atoms with van der Waals surface area (Å²) in [4.78, 5) is 34.6. The summed E-state index contributed by atoms with van der Waals surface area (Å²) in [7, 11) is 5.42. The van der Waals surface area contributed by atoms with Crippen LogP contribution in [0.4, 0.5) is 15.8 Å². The molecule has 50 heavy (non-hydrogen) atoms. The van der Waals surface area contributed by atoms with Gasteiger partial charge in [-0.05, 0) is 87.0 Å². The summed E-state index contributed by atoms with van der Waals surface area (Å²) in [5, 5.41) is 14.3. The molecule has 0 aliphatic carbocycles. The van der Waals surface area contributed by atoms with E-state index in [0.717, 1.165) is 12.0 Å². The first-order chi connectivity index (χ1) is 24.0. The number of aryl methyl sites for hydroxylation is 1. The summed E-state index contributed by atoms with van der Waals surface area (Å²) in [6, 6.07) is 20.5. The van der Waals surface area contributed by atoms with Gasteiger partial charge < -0.3 is 24.2 Å². The van der Waals surface area contributed by atoms with E-state index >= 15 is 4.39 Å². The Hall–Kier alpha value is -5.26. The van der Waals surface area contributed by atoms with Crippen molar-refractivity contribution in [3.05, 3.63) is 119 Å². The molecule has 0 saturated heterocycles. The zero-order valence-electron chi connectivity index (χ0n) is 29.1. The number of ether oxygens (including phenoxy) is 1. The van der Waals surface area contributed by atoms with Gasteiger partial charge >= 0.3 is 0 Å². The second-order valence-corrected chi connectivity index (χ2v) is 13.0. The number of fused-ring (bicyclic) bond motifs is 1. The van der Waals surface area contributed by atoms with Gasteiger partial charge in [0, 0.05) is 80.8 Å². The van der Waals surface area contributed by atoms with Gasteiger partial charge in [-0.2, -0.15) is 5.10 Å². The second-order valence-electron chi connectivity index (χ2n) is 13.0. The van der Waals surface area contributed by atoms with Crippen molar-refractivity contribution in [2.75, 3.05) is 38.8 Å². The van der Waals surface area contributed by atoms with Crippen molar-refractivity contribution in [1.82, 2.24) is 24.1 Å². The number of carbonyl (C=O) groups is 2. The average molecular weight is 679 g/mol. The highest BCUT2D eigenvalue weighted by atomic mass is 19.1. The summed E-state index contributed by atoms with van der Waals surface area (Å²) >= 11 is 0. The third-order valence-corrected chi connectivity index (χ3v) is 9.50. The Morgan fingerprint density at radius 1 is 1.00 bits per heavy atom. The van der Waals surface area contributed by atoms with E-state index in [-0.39, 0.29) is 23.6 Å². The number of halogens is 1. The zero-order valence-corrected chi connectivity index (χ0v) is 29.1. The van der Waals surface area contributed by atoms with E-state index in [1.165, 1.54) is 34.7 Å². The van der Waals surface area contributed by atoms with Gasteiger partial charge in [-0.15, -0.1) is 0 Å². The quantitative estimate of drug-likeness (QED) is 0.179. The molecule has 5 aromatic rings. The topological polar surface area (TPSA) is 96.1 Å². The fraction of sp³-hybridized carbons (Fsp3) is 0.308. The molecule has 2 aromatic heterocycles. The molecule has 1 aliphatic heterocycles. The first-order valence-electron chi connectivity index (χ1n) is 16.7. The van der Waals surface area contributed by atoms with E-state index in [1.807, 2.05) is 48.6 Å². The maximum absolute atomic E-state index is 15.2. The molecule has 2 amide bonds. The van der Waals surface area contributed by atoms with Crippen LogP contribution in [0.5, 0.6) is 5.75 Å². The summed E-state index contributed by atoms with van der Waals surface area (Å²) < 4.78 is 24.1. The largest absolute Gasteiger partial charge is 0.508 e. The number of anilines is 2. The minimum absolute atomic E-state index is 0.0613. The van der Waals surface area contributed by atoms with Crippen molar-refractivity contribution in [2.24, 2.45) is 7.05 Å². The fourth-order valence-electron chi connectivity index (χ4n) is 6.65.